The van der Waals surface area contributed by atoms with Gasteiger partial charge < -0.3 is 5.73 Å². The quantitative estimate of drug-likeness (QED) is 0.296. The van der Waals surface area contributed by atoms with Crippen LogP contribution in [0.25, 0.3) is 0 Å². The molecule has 0 saturated carbocycles. The second-order valence-corrected chi connectivity index (χ2v) is 6.37. The van der Waals surface area contributed by atoms with Crippen LogP contribution in [-0.2, 0) is 10.1 Å². The number of alkyl halides is 13. The van der Waals surface area contributed by atoms with Gasteiger partial charge in [-0.3, -0.25) is 4.55 Å². The minimum Gasteiger partial charge on any atom is -0.327 e. The van der Waals surface area contributed by atoms with Crippen LogP contribution in [0, 0.1) is 0 Å². The Morgan fingerprint density at radius 3 is 1.41 bits per heavy atom. The van der Waals surface area contributed by atoms with E-state index in [1.807, 2.05) is 0 Å². The maximum Gasteiger partial charge on any atom is 0.382 e. The molecule has 3 atom stereocenters. The smallest absolute Gasteiger partial charge is 0.327 e. The Kier molecular flexibility index (Phi) is 9.97. The number of hydrogen-bond donors (Lipinski definition) is 2. The summed E-state index contributed by atoms with van der Waals surface area (Å²) in [7, 11) is -6.86. The molecule has 3 unspecified atom stereocenters. The van der Waals surface area contributed by atoms with E-state index in [4.69, 9.17) is 10.3 Å². The van der Waals surface area contributed by atoms with Gasteiger partial charge >= 0.3 is 33.8 Å². The third-order valence-electron chi connectivity index (χ3n) is 2.81. The Labute approximate surface area is 154 Å². The van der Waals surface area contributed by atoms with Gasteiger partial charge in [0.25, 0.3) is 11.9 Å². The van der Waals surface area contributed by atoms with Crippen molar-refractivity contribution in [2.45, 2.75) is 48.0 Å². The topological polar surface area (TPSA) is 80.4 Å². The summed E-state index contributed by atoms with van der Waals surface area (Å²) in [5.74, 6) is -30.1. The van der Waals surface area contributed by atoms with Gasteiger partial charge in [0.05, 0.1) is 0 Å². The van der Waals surface area contributed by atoms with E-state index in [9.17, 15) is 65.5 Å². The van der Waals surface area contributed by atoms with Gasteiger partial charge in [-0.25, -0.2) is 22.0 Å². The first kappa shape index (κ1) is 29.9. The van der Waals surface area contributed by atoms with Crippen LogP contribution in [-0.4, -0.2) is 67.5 Å². The summed E-state index contributed by atoms with van der Waals surface area (Å²) >= 11 is 0. The van der Waals surface area contributed by atoms with Gasteiger partial charge in [0.2, 0.25) is 6.17 Å². The van der Waals surface area contributed by atoms with Crippen LogP contribution in [0.5, 0.6) is 0 Å². The van der Waals surface area contributed by atoms with E-state index >= 15 is 0 Å². The Balaban J connectivity index is 0. The van der Waals surface area contributed by atoms with E-state index in [0.29, 0.717) is 6.54 Å². The van der Waals surface area contributed by atoms with Gasteiger partial charge in [0, 0.05) is 6.54 Å². The maximum atomic E-state index is 13.0. The normalized spacial score (nSPS) is 17.2. The summed E-state index contributed by atoms with van der Waals surface area (Å²) in [4.78, 5) is 0. The first-order valence-corrected chi connectivity index (χ1v) is 8.08. The molecule has 0 aromatic heterocycles. The molecule has 0 aliphatic heterocycles. The predicted octanol–water partition coefficient (Wildman–Crippen LogP) is 3.78. The van der Waals surface area contributed by atoms with Crippen LogP contribution in [0.3, 0.4) is 0 Å². The number of hydrogen-bond acceptors (Lipinski definition) is 3. The third kappa shape index (κ3) is 5.87. The lowest BCUT2D eigenvalue weighted by atomic mass is 9.94. The molecule has 0 radical (unpaired) electrons. The van der Waals surface area contributed by atoms with E-state index in [0.717, 1.165) is 0 Å². The standard InChI is InChI=1S/C8H5F13O3S.C3H7N/c9-1(3(11)12)2(10)5(14,15)7(18,19)8(20,21)6(16,17)4(13)25(22,23)24;1-2-3-4/h1-4H,(H,22,23,24);2H,1,3-4H2. The average molecular weight is 485 g/mol. The summed E-state index contributed by atoms with van der Waals surface area (Å²) in [5.41, 5.74) is -0.682. The molecule has 3 N–H and O–H groups in total. The lowest BCUT2D eigenvalue weighted by Gasteiger charge is -2.38. The zero-order chi connectivity index (χ0) is 24.2. The van der Waals surface area contributed by atoms with Crippen molar-refractivity contribution >= 4 is 10.1 Å². The number of nitrogens with two attached hydrogens (primary N) is 1. The molecule has 0 rings (SSSR count). The average Bonchev–Trinajstić information content (AvgIpc) is 2.58. The van der Waals surface area contributed by atoms with Gasteiger partial charge in [-0.2, -0.15) is 43.5 Å². The molecule has 0 bridgehead atoms. The van der Waals surface area contributed by atoms with E-state index in [1.54, 1.807) is 6.08 Å². The fourth-order valence-electron chi connectivity index (χ4n) is 1.25. The molecule has 0 saturated heterocycles. The maximum absolute atomic E-state index is 13.0. The molecule has 0 aromatic rings. The zero-order valence-electron chi connectivity index (χ0n) is 13.5. The first-order valence-electron chi connectivity index (χ1n) is 6.57. The zero-order valence-corrected chi connectivity index (χ0v) is 14.3. The molecule has 0 fully saturated rings. The van der Waals surface area contributed by atoms with Crippen LogP contribution in [0.2, 0.25) is 0 Å². The Morgan fingerprint density at radius 2 is 1.17 bits per heavy atom. The summed E-state index contributed by atoms with van der Waals surface area (Å²) in [5, 5.41) is 0. The minimum atomic E-state index is -7.77. The van der Waals surface area contributed by atoms with Gasteiger partial charge in [-0.05, 0) is 0 Å². The molecule has 29 heavy (non-hydrogen) atoms. The predicted molar refractivity (Wildman–Crippen MR) is 71.3 cm³/mol. The largest absolute Gasteiger partial charge is 0.382 e. The summed E-state index contributed by atoms with van der Waals surface area (Å²) < 4.78 is 193. The van der Waals surface area contributed by atoms with Crippen molar-refractivity contribution in [3.05, 3.63) is 12.7 Å². The van der Waals surface area contributed by atoms with Crippen LogP contribution in [0.1, 0.15) is 0 Å². The van der Waals surface area contributed by atoms with Crippen molar-refractivity contribution in [2.75, 3.05) is 6.54 Å². The van der Waals surface area contributed by atoms with Crippen molar-refractivity contribution in [3.63, 3.8) is 0 Å². The second-order valence-electron chi connectivity index (χ2n) is 4.93. The van der Waals surface area contributed by atoms with E-state index in [2.05, 4.69) is 6.58 Å². The fraction of sp³-hybridized carbons (Fsp3) is 0.818. The molecule has 4 nitrogen and oxygen atoms in total. The molecule has 0 aliphatic rings. The summed E-state index contributed by atoms with van der Waals surface area (Å²) in [6.45, 7) is 3.94. The Hall–Kier alpha value is -1.30. The van der Waals surface area contributed by atoms with Crippen molar-refractivity contribution in [1.29, 1.82) is 0 Å². The van der Waals surface area contributed by atoms with E-state index in [-0.39, 0.29) is 0 Å². The van der Waals surface area contributed by atoms with E-state index in [1.165, 1.54) is 0 Å². The first-order chi connectivity index (χ1) is 12.6. The lowest BCUT2D eigenvalue weighted by molar-refractivity contribution is -0.382. The highest BCUT2D eigenvalue weighted by molar-refractivity contribution is 7.86. The van der Waals surface area contributed by atoms with Crippen molar-refractivity contribution < 1.29 is 70.0 Å². The van der Waals surface area contributed by atoms with Crippen LogP contribution < -0.4 is 5.73 Å². The van der Waals surface area contributed by atoms with Gasteiger partial charge in [0.1, 0.15) is 0 Å². The van der Waals surface area contributed by atoms with Crippen LogP contribution >= 0.6 is 0 Å². The molecular formula is C11H12F13NO3S. The second kappa shape index (κ2) is 9.67. The van der Waals surface area contributed by atoms with Gasteiger partial charge in [-0.15, -0.1) is 6.58 Å². The fourth-order valence-corrected chi connectivity index (χ4v) is 1.77. The van der Waals surface area contributed by atoms with Crippen LogP contribution in [0.4, 0.5) is 57.1 Å². The molecule has 0 spiro atoms. The van der Waals surface area contributed by atoms with Gasteiger partial charge in [0.15, 0.2) is 6.17 Å². The molecule has 18 heteroatoms. The highest BCUT2D eigenvalue weighted by Gasteiger charge is 2.85. The third-order valence-corrected chi connectivity index (χ3v) is 3.63. The monoisotopic (exact) mass is 485 g/mol. The Morgan fingerprint density at radius 1 is 0.862 bits per heavy atom. The number of rotatable bonds is 9. The SMILES string of the molecule is C=CCN.O=S(=O)(O)C(F)C(F)(F)C(F)(F)C(F)(F)C(F)(F)C(F)C(F)C(F)F. The Bertz CT molecular complexity index is 640. The molecule has 0 aromatic carbocycles. The highest BCUT2D eigenvalue weighted by Crippen LogP contribution is 2.56. The molecule has 176 valence electrons. The minimum absolute atomic E-state index is 0.583. The lowest BCUT2D eigenvalue weighted by Crippen LogP contribution is -2.68. The van der Waals surface area contributed by atoms with Crippen molar-refractivity contribution in [2.24, 2.45) is 5.73 Å². The molecular weight excluding hydrogens is 473 g/mol. The summed E-state index contributed by atoms with van der Waals surface area (Å²) in [6, 6.07) is 0. The molecule has 0 amide bonds. The van der Waals surface area contributed by atoms with Gasteiger partial charge in [-0.1, -0.05) is 6.08 Å². The van der Waals surface area contributed by atoms with Crippen LogP contribution in [0.15, 0.2) is 12.7 Å². The van der Waals surface area contributed by atoms with E-state index < -0.39 is 58.1 Å². The highest BCUT2D eigenvalue weighted by atomic mass is 32.2. The molecule has 0 aliphatic carbocycles. The number of halogens is 13. The molecule has 0 heterocycles. The van der Waals surface area contributed by atoms with Crippen molar-refractivity contribution in [3.8, 4) is 0 Å². The summed E-state index contributed by atoms with van der Waals surface area (Å²) in [6.07, 6.45) is -13.4. The van der Waals surface area contributed by atoms with Crippen molar-refractivity contribution in [1.82, 2.24) is 0 Å².